The average Bonchev–Trinajstić information content (AvgIpc) is 2.69. The van der Waals surface area contributed by atoms with Crippen LogP contribution in [0.5, 0.6) is 5.75 Å². The minimum absolute atomic E-state index is 0.0282. The number of thiocarbonyl (C=S) groups is 1. The molecule has 27 heavy (non-hydrogen) atoms. The molecule has 1 aliphatic rings. The van der Waals surface area contributed by atoms with Crippen molar-refractivity contribution in [3.8, 4) is 11.8 Å². The topological polar surface area (TPSA) is 82.4 Å². The second-order valence-corrected chi connectivity index (χ2v) is 6.16. The van der Waals surface area contributed by atoms with Crippen LogP contribution in [0.3, 0.4) is 0 Å². The Balaban J connectivity index is 1.88. The van der Waals surface area contributed by atoms with Gasteiger partial charge in [-0.1, -0.05) is 36.4 Å². The first-order valence-corrected chi connectivity index (χ1v) is 8.47. The predicted molar refractivity (Wildman–Crippen MR) is 103 cm³/mol. The summed E-state index contributed by atoms with van der Waals surface area (Å²) < 4.78 is 5.85. The Morgan fingerprint density at radius 1 is 1.19 bits per heavy atom. The third-order valence-corrected chi connectivity index (χ3v) is 4.42. The average molecular weight is 377 g/mol. The van der Waals surface area contributed by atoms with Crippen molar-refractivity contribution < 1.29 is 14.3 Å². The van der Waals surface area contributed by atoms with Gasteiger partial charge in [0.15, 0.2) is 5.11 Å². The highest BCUT2D eigenvalue weighted by molar-refractivity contribution is 7.80. The van der Waals surface area contributed by atoms with Crippen molar-refractivity contribution in [2.75, 3.05) is 7.05 Å². The number of amides is 2. The Kier molecular flexibility index (Phi) is 5.29. The molecule has 2 aromatic rings. The molecule has 2 amide bonds. The lowest BCUT2D eigenvalue weighted by Gasteiger charge is -2.25. The quantitative estimate of drug-likeness (QED) is 0.503. The largest absolute Gasteiger partial charge is 0.488 e. The monoisotopic (exact) mass is 377 g/mol. The number of nitrogens with one attached hydrogen (secondary N) is 1. The minimum atomic E-state index is -0.548. The van der Waals surface area contributed by atoms with Gasteiger partial charge in [0, 0.05) is 18.2 Å². The van der Waals surface area contributed by atoms with E-state index in [1.807, 2.05) is 12.1 Å². The first-order chi connectivity index (χ1) is 13.0. The van der Waals surface area contributed by atoms with Crippen molar-refractivity contribution in [1.82, 2.24) is 10.2 Å². The lowest BCUT2D eigenvalue weighted by molar-refractivity contribution is -0.128. The Labute approximate surface area is 161 Å². The van der Waals surface area contributed by atoms with Gasteiger partial charge in [-0.3, -0.25) is 19.8 Å². The molecule has 0 bridgehead atoms. The molecule has 0 unspecified atom stereocenters. The van der Waals surface area contributed by atoms with E-state index in [0.29, 0.717) is 16.9 Å². The molecule has 0 spiro atoms. The number of ether oxygens (including phenoxy) is 1. The number of nitrogens with zero attached hydrogens (tertiary/aromatic N) is 2. The van der Waals surface area contributed by atoms with Crippen LogP contribution in [0, 0.1) is 11.3 Å². The number of likely N-dealkylation sites (N-methyl/N-ethyl adjacent to an activating group) is 1. The summed E-state index contributed by atoms with van der Waals surface area (Å²) in [4.78, 5) is 25.7. The molecule has 3 rings (SSSR count). The van der Waals surface area contributed by atoms with Gasteiger partial charge in [-0.2, -0.15) is 5.26 Å². The summed E-state index contributed by atoms with van der Waals surface area (Å²) in [5.41, 5.74) is 1.83. The van der Waals surface area contributed by atoms with Crippen LogP contribution in [0.4, 0.5) is 0 Å². The van der Waals surface area contributed by atoms with Crippen LogP contribution in [-0.2, 0) is 16.2 Å². The van der Waals surface area contributed by atoms with Crippen molar-refractivity contribution >= 4 is 35.2 Å². The molecule has 134 valence electrons. The molecule has 1 heterocycles. The zero-order chi connectivity index (χ0) is 19.4. The summed E-state index contributed by atoms with van der Waals surface area (Å²) in [6.07, 6.45) is 1.47. The van der Waals surface area contributed by atoms with Crippen molar-refractivity contribution in [2.45, 2.75) is 6.61 Å². The summed E-state index contributed by atoms with van der Waals surface area (Å²) in [5.74, 6) is -0.532. The minimum Gasteiger partial charge on any atom is -0.488 e. The number of benzene rings is 2. The summed E-state index contributed by atoms with van der Waals surface area (Å²) in [5, 5.41) is 11.7. The molecule has 1 N–H and O–H groups in total. The van der Waals surface area contributed by atoms with Gasteiger partial charge < -0.3 is 4.74 Å². The van der Waals surface area contributed by atoms with Crippen LogP contribution in [-0.4, -0.2) is 28.9 Å². The molecule has 1 fully saturated rings. The Hall–Kier alpha value is -3.50. The molecule has 2 aromatic carbocycles. The normalized spacial score (nSPS) is 15.5. The SMILES string of the molecule is CN1C(=O)/C(=C/c2ccccc2OCc2ccccc2C#N)C(=O)NC1=S. The molecular weight excluding hydrogens is 362 g/mol. The summed E-state index contributed by atoms with van der Waals surface area (Å²) >= 11 is 4.94. The van der Waals surface area contributed by atoms with Crippen molar-refractivity contribution in [2.24, 2.45) is 0 Å². The zero-order valence-corrected chi connectivity index (χ0v) is 15.2. The van der Waals surface area contributed by atoms with E-state index >= 15 is 0 Å². The van der Waals surface area contributed by atoms with Gasteiger partial charge in [-0.15, -0.1) is 0 Å². The Morgan fingerprint density at radius 3 is 2.67 bits per heavy atom. The maximum atomic E-state index is 12.4. The van der Waals surface area contributed by atoms with Crippen molar-refractivity contribution in [1.29, 1.82) is 5.26 Å². The number of carbonyl (C=O) groups is 2. The van der Waals surface area contributed by atoms with Crippen LogP contribution in [0.15, 0.2) is 54.1 Å². The molecule has 1 aliphatic heterocycles. The molecule has 0 saturated carbocycles. The second-order valence-electron chi connectivity index (χ2n) is 5.78. The highest BCUT2D eigenvalue weighted by Gasteiger charge is 2.30. The van der Waals surface area contributed by atoms with E-state index in [4.69, 9.17) is 17.0 Å². The molecule has 0 radical (unpaired) electrons. The summed E-state index contributed by atoms with van der Waals surface area (Å²) in [6, 6.07) is 16.3. The van der Waals surface area contributed by atoms with Crippen LogP contribution in [0.25, 0.3) is 6.08 Å². The van der Waals surface area contributed by atoms with Gasteiger partial charge in [0.2, 0.25) is 0 Å². The molecular formula is C20H15N3O3S. The van der Waals surface area contributed by atoms with Crippen molar-refractivity contribution in [3.05, 3.63) is 70.8 Å². The Morgan fingerprint density at radius 2 is 1.89 bits per heavy atom. The number of hydrogen-bond donors (Lipinski definition) is 1. The highest BCUT2D eigenvalue weighted by Crippen LogP contribution is 2.24. The van der Waals surface area contributed by atoms with Crippen LogP contribution in [0.2, 0.25) is 0 Å². The predicted octanol–water partition coefficient (Wildman–Crippen LogP) is 2.39. The van der Waals surface area contributed by atoms with E-state index in [1.54, 1.807) is 36.4 Å². The third kappa shape index (κ3) is 3.86. The molecule has 0 aromatic heterocycles. The second kappa shape index (κ2) is 7.81. The van der Waals surface area contributed by atoms with E-state index in [-0.39, 0.29) is 17.3 Å². The fourth-order valence-corrected chi connectivity index (χ4v) is 2.72. The molecule has 6 nitrogen and oxygen atoms in total. The number of nitriles is 1. The smallest absolute Gasteiger partial charge is 0.265 e. The maximum Gasteiger partial charge on any atom is 0.265 e. The van der Waals surface area contributed by atoms with Gasteiger partial charge >= 0.3 is 0 Å². The van der Waals surface area contributed by atoms with Gasteiger partial charge in [-0.25, -0.2) is 0 Å². The number of hydrogen-bond acceptors (Lipinski definition) is 5. The lowest BCUT2D eigenvalue weighted by Crippen LogP contribution is -2.52. The Bertz CT molecular complexity index is 1010. The zero-order valence-electron chi connectivity index (χ0n) is 14.4. The van der Waals surface area contributed by atoms with E-state index in [2.05, 4.69) is 11.4 Å². The fourth-order valence-electron chi connectivity index (χ4n) is 2.54. The highest BCUT2D eigenvalue weighted by atomic mass is 32.1. The first kappa shape index (κ1) is 18.3. The van der Waals surface area contributed by atoms with Crippen molar-refractivity contribution in [3.63, 3.8) is 0 Å². The summed E-state index contributed by atoms with van der Waals surface area (Å²) in [6.45, 7) is 0.189. The standard InChI is InChI=1S/C20H15N3O3S/c1-23-19(25)16(18(24)22-20(23)27)10-13-6-4-5-9-17(13)26-12-15-8-3-2-7-14(15)11-21/h2-10H,12H2,1H3,(H,22,24,27)/b16-10+. The maximum absolute atomic E-state index is 12.4. The van der Waals surface area contributed by atoms with E-state index < -0.39 is 11.8 Å². The molecule has 7 heteroatoms. The first-order valence-electron chi connectivity index (χ1n) is 8.06. The van der Waals surface area contributed by atoms with Crippen LogP contribution in [0.1, 0.15) is 16.7 Å². The van der Waals surface area contributed by atoms with E-state index in [1.165, 1.54) is 18.0 Å². The van der Waals surface area contributed by atoms with Gasteiger partial charge in [0.1, 0.15) is 17.9 Å². The van der Waals surface area contributed by atoms with Gasteiger partial charge in [0.05, 0.1) is 11.6 Å². The molecule has 0 aliphatic carbocycles. The summed E-state index contributed by atoms with van der Waals surface area (Å²) in [7, 11) is 1.50. The van der Waals surface area contributed by atoms with Crippen LogP contribution >= 0.6 is 12.2 Å². The van der Waals surface area contributed by atoms with E-state index in [9.17, 15) is 14.9 Å². The fraction of sp³-hybridized carbons (Fsp3) is 0.100. The number of carbonyl (C=O) groups excluding carboxylic acids is 2. The van der Waals surface area contributed by atoms with Crippen LogP contribution < -0.4 is 10.1 Å². The lowest BCUT2D eigenvalue weighted by atomic mass is 10.1. The third-order valence-electron chi connectivity index (χ3n) is 4.04. The number of para-hydroxylation sites is 1. The molecule has 0 atom stereocenters. The van der Waals surface area contributed by atoms with Gasteiger partial charge in [0.25, 0.3) is 11.8 Å². The molecule has 1 saturated heterocycles. The van der Waals surface area contributed by atoms with E-state index in [0.717, 1.165) is 5.56 Å². The van der Waals surface area contributed by atoms with Gasteiger partial charge in [-0.05, 0) is 30.4 Å². The number of rotatable bonds is 4.